The van der Waals surface area contributed by atoms with Crippen LogP contribution in [0.15, 0.2) is 67.3 Å². The van der Waals surface area contributed by atoms with Crippen molar-refractivity contribution >= 4 is 12.0 Å². The number of ether oxygens (including phenoxy) is 2. The number of amides is 2. The monoisotopic (exact) mass is 436 g/mol. The van der Waals surface area contributed by atoms with E-state index in [1.165, 1.54) is 5.56 Å². The molecule has 6 nitrogen and oxygen atoms in total. The molecule has 170 valence electrons. The van der Waals surface area contributed by atoms with E-state index < -0.39 is 0 Å². The number of hydrogen-bond acceptors (Lipinski definition) is 4. The lowest BCUT2D eigenvalue weighted by Gasteiger charge is -2.43. The number of carbonyl (C=O) groups excluding carboxylic acids is 2. The largest absolute Gasteiger partial charge is 0.496 e. The minimum atomic E-state index is -0.327. The van der Waals surface area contributed by atoms with Gasteiger partial charge in [-0.2, -0.15) is 0 Å². The molecule has 2 aromatic carbocycles. The van der Waals surface area contributed by atoms with E-state index in [1.807, 2.05) is 30.3 Å². The first kappa shape index (κ1) is 23.4. The normalized spacial score (nSPS) is 20.1. The van der Waals surface area contributed by atoms with Crippen LogP contribution >= 0.6 is 0 Å². The van der Waals surface area contributed by atoms with E-state index in [-0.39, 0.29) is 30.1 Å². The highest BCUT2D eigenvalue weighted by molar-refractivity contribution is 5.97. The lowest BCUT2D eigenvalue weighted by atomic mass is 9.68. The molecule has 1 aliphatic carbocycles. The highest BCUT2D eigenvalue weighted by Gasteiger charge is 2.39. The summed E-state index contributed by atoms with van der Waals surface area (Å²) in [6, 6.07) is 17.6. The van der Waals surface area contributed by atoms with E-state index in [9.17, 15) is 9.59 Å². The van der Waals surface area contributed by atoms with Crippen molar-refractivity contribution in [2.45, 2.75) is 37.1 Å². The SMILES string of the molecule is C=CCOC(=O)N(C)[C@H]1CC[C@](CNC(=O)c2ccccc2OC)(c2ccccc2)CC1. The van der Waals surface area contributed by atoms with Gasteiger partial charge in [-0.3, -0.25) is 4.79 Å². The fourth-order valence-corrected chi connectivity index (χ4v) is 4.46. The Morgan fingerprint density at radius 1 is 1.12 bits per heavy atom. The van der Waals surface area contributed by atoms with Crippen LogP contribution in [0.1, 0.15) is 41.6 Å². The molecule has 6 heteroatoms. The third kappa shape index (κ3) is 5.31. The molecule has 0 spiro atoms. The van der Waals surface area contributed by atoms with Gasteiger partial charge < -0.3 is 19.7 Å². The highest BCUT2D eigenvalue weighted by atomic mass is 16.6. The predicted molar refractivity (Wildman–Crippen MR) is 125 cm³/mol. The molecule has 1 N–H and O–H groups in total. The number of nitrogens with one attached hydrogen (secondary N) is 1. The van der Waals surface area contributed by atoms with Crippen molar-refractivity contribution in [3.63, 3.8) is 0 Å². The van der Waals surface area contributed by atoms with Gasteiger partial charge in [0.2, 0.25) is 0 Å². The number of nitrogens with zero attached hydrogens (tertiary/aromatic N) is 1. The second-order valence-corrected chi connectivity index (χ2v) is 8.24. The summed E-state index contributed by atoms with van der Waals surface area (Å²) < 4.78 is 10.5. The van der Waals surface area contributed by atoms with Crippen LogP contribution in [0.5, 0.6) is 5.75 Å². The fraction of sp³-hybridized carbons (Fsp3) is 0.385. The average Bonchev–Trinajstić information content (AvgIpc) is 2.86. The van der Waals surface area contributed by atoms with Crippen molar-refractivity contribution in [3.8, 4) is 5.75 Å². The summed E-state index contributed by atoms with van der Waals surface area (Å²) >= 11 is 0. The summed E-state index contributed by atoms with van der Waals surface area (Å²) in [7, 11) is 3.35. The van der Waals surface area contributed by atoms with Crippen LogP contribution in [0.3, 0.4) is 0 Å². The first-order chi connectivity index (χ1) is 15.5. The minimum absolute atomic E-state index is 0.106. The summed E-state index contributed by atoms with van der Waals surface area (Å²) in [6.45, 7) is 4.31. The van der Waals surface area contributed by atoms with Crippen molar-refractivity contribution in [3.05, 3.63) is 78.4 Å². The topological polar surface area (TPSA) is 67.9 Å². The third-order valence-electron chi connectivity index (χ3n) is 6.40. The van der Waals surface area contributed by atoms with Gasteiger partial charge in [0.25, 0.3) is 5.91 Å². The third-order valence-corrected chi connectivity index (χ3v) is 6.40. The van der Waals surface area contributed by atoms with Gasteiger partial charge in [-0.15, -0.1) is 0 Å². The zero-order valence-electron chi connectivity index (χ0n) is 18.9. The number of para-hydroxylation sites is 1. The molecule has 1 aliphatic rings. The maximum Gasteiger partial charge on any atom is 0.410 e. The van der Waals surface area contributed by atoms with Crippen molar-refractivity contribution in [2.75, 3.05) is 27.3 Å². The summed E-state index contributed by atoms with van der Waals surface area (Å²) in [5.41, 5.74) is 1.54. The van der Waals surface area contributed by atoms with Crippen LogP contribution in [-0.4, -0.2) is 50.3 Å². The molecule has 3 rings (SSSR count). The average molecular weight is 437 g/mol. The highest BCUT2D eigenvalue weighted by Crippen LogP contribution is 2.40. The maximum absolute atomic E-state index is 12.9. The second kappa shape index (κ2) is 10.8. The first-order valence-electron chi connectivity index (χ1n) is 11.0. The van der Waals surface area contributed by atoms with E-state index in [4.69, 9.17) is 9.47 Å². The lowest BCUT2D eigenvalue weighted by molar-refractivity contribution is 0.0852. The summed E-state index contributed by atoms with van der Waals surface area (Å²) in [5.74, 6) is 0.409. The Morgan fingerprint density at radius 3 is 2.44 bits per heavy atom. The first-order valence-corrected chi connectivity index (χ1v) is 11.0. The molecule has 32 heavy (non-hydrogen) atoms. The number of methoxy groups -OCH3 is 1. The van der Waals surface area contributed by atoms with E-state index in [0.717, 1.165) is 25.7 Å². The number of rotatable bonds is 8. The van der Waals surface area contributed by atoms with Crippen molar-refractivity contribution in [2.24, 2.45) is 0 Å². The number of carbonyl (C=O) groups is 2. The molecule has 0 unspecified atom stereocenters. The zero-order chi connectivity index (χ0) is 23.0. The molecule has 2 aromatic rings. The van der Waals surface area contributed by atoms with Crippen LogP contribution in [-0.2, 0) is 10.2 Å². The van der Waals surface area contributed by atoms with E-state index in [0.29, 0.717) is 17.9 Å². The molecule has 0 aromatic heterocycles. The molecule has 0 aliphatic heterocycles. The summed E-state index contributed by atoms with van der Waals surface area (Å²) in [5, 5.41) is 3.14. The fourth-order valence-electron chi connectivity index (χ4n) is 4.46. The maximum atomic E-state index is 12.9. The molecule has 1 saturated carbocycles. The van der Waals surface area contributed by atoms with Crippen LogP contribution in [0.25, 0.3) is 0 Å². The molecule has 0 atom stereocenters. The quantitative estimate of drug-likeness (QED) is 0.616. The molecular formula is C26H32N2O4. The van der Waals surface area contributed by atoms with Crippen LogP contribution in [0.4, 0.5) is 4.79 Å². The number of benzene rings is 2. The summed E-state index contributed by atoms with van der Waals surface area (Å²) in [4.78, 5) is 26.9. The Hall–Kier alpha value is -3.28. The second-order valence-electron chi connectivity index (χ2n) is 8.24. The van der Waals surface area contributed by atoms with Crippen molar-refractivity contribution < 1.29 is 19.1 Å². The molecule has 0 saturated heterocycles. The van der Waals surface area contributed by atoms with Gasteiger partial charge in [0, 0.05) is 25.0 Å². The van der Waals surface area contributed by atoms with Gasteiger partial charge in [-0.1, -0.05) is 55.1 Å². The summed E-state index contributed by atoms with van der Waals surface area (Å²) in [6.07, 6.45) is 4.61. The van der Waals surface area contributed by atoms with E-state index in [2.05, 4.69) is 24.0 Å². The molecule has 0 radical (unpaired) electrons. The Balaban J connectivity index is 1.73. The zero-order valence-corrected chi connectivity index (χ0v) is 18.9. The predicted octanol–water partition coefficient (Wildman–Crippen LogP) is 4.56. The van der Waals surface area contributed by atoms with Gasteiger partial charge in [0.05, 0.1) is 12.7 Å². The van der Waals surface area contributed by atoms with Crippen LogP contribution in [0.2, 0.25) is 0 Å². The van der Waals surface area contributed by atoms with E-state index >= 15 is 0 Å². The van der Waals surface area contributed by atoms with Gasteiger partial charge in [0.15, 0.2) is 0 Å². The van der Waals surface area contributed by atoms with Crippen molar-refractivity contribution in [1.29, 1.82) is 0 Å². The molecular weight excluding hydrogens is 404 g/mol. The molecule has 0 heterocycles. The Kier molecular flexibility index (Phi) is 7.92. The smallest absolute Gasteiger partial charge is 0.410 e. The Morgan fingerprint density at radius 2 is 1.78 bits per heavy atom. The Labute approximate surface area is 190 Å². The Bertz CT molecular complexity index is 920. The van der Waals surface area contributed by atoms with Gasteiger partial charge in [-0.25, -0.2) is 4.79 Å². The molecule has 1 fully saturated rings. The van der Waals surface area contributed by atoms with Gasteiger partial charge in [-0.05, 0) is 43.4 Å². The van der Waals surface area contributed by atoms with Gasteiger partial charge in [0.1, 0.15) is 12.4 Å². The van der Waals surface area contributed by atoms with Gasteiger partial charge >= 0.3 is 6.09 Å². The molecule has 2 amide bonds. The van der Waals surface area contributed by atoms with Crippen LogP contribution in [0, 0.1) is 0 Å². The molecule has 0 bridgehead atoms. The van der Waals surface area contributed by atoms with E-state index in [1.54, 1.807) is 37.3 Å². The van der Waals surface area contributed by atoms with Crippen LogP contribution < -0.4 is 10.1 Å². The standard InChI is InChI=1S/C26H32N2O4/c1-4-18-32-25(30)28(2)21-14-16-26(17-15-21,20-10-6-5-7-11-20)19-27-24(29)22-12-8-9-13-23(22)31-3/h4-13,21H,1,14-19H2,2-3H3,(H,27,29)/t21-,26-. The minimum Gasteiger partial charge on any atom is -0.496 e. The van der Waals surface area contributed by atoms with Crippen molar-refractivity contribution in [1.82, 2.24) is 10.2 Å². The number of hydrogen-bond donors (Lipinski definition) is 1. The lowest BCUT2D eigenvalue weighted by Crippen LogP contribution is -2.48.